The number of ether oxygens (including phenoxy) is 1. The molecule has 2 unspecified atom stereocenters. The minimum atomic E-state index is -0.103. The molecule has 0 aliphatic carbocycles. The number of methoxy groups -OCH3 is 1. The molecule has 1 aromatic carbocycles. The van der Waals surface area contributed by atoms with Crippen molar-refractivity contribution >= 4 is 34.0 Å². The van der Waals surface area contributed by atoms with Crippen LogP contribution in [0.4, 0.5) is 10.8 Å². The van der Waals surface area contributed by atoms with E-state index in [1.807, 2.05) is 38.1 Å². The van der Waals surface area contributed by atoms with E-state index in [4.69, 9.17) is 16.3 Å². The highest BCUT2D eigenvalue weighted by Gasteiger charge is 2.13. The molecular weight excluding hydrogens is 282 g/mol. The van der Waals surface area contributed by atoms with Crippen molar-refractivity contribution < 1.29 is 4.74 Å². The summed E-state index contributed by atoms with van der Waals surface area (Å²) >= 11 is 7.47. The van der Waals surface area contributed by atoms with Crippen LogP contribution in [0.2, 0.25) is 0 Å². The number of halogens is 1. The largest absolute Gasteiger partial charge is 0.374 e. The summed E-state index contributed by atoms with van der Waals surface area (Å²) in [6.07, 6.45) is -0.103. The number of alkyl halides is 1. The van der Waals surface area contributed by atoms with Crippen molar-refractivity contribution in [3.8, 4) is 0 Å². The van der Waals surface area contributed by atoms with Crippen LogP contribution < -0.4 is 5.32 Å². The van der Waals surface area contributed by atoms with Gasteiger partial charge in [0.25, 0.3) is 0 Å². The lowest BCUT2D eigenvalue weighted by atomic mass is 10.1. The van der Waals surface area contributed by atoms with Gasteiger partial charge < -0.3 is 10.1 Å². The molecule has 0 amide bonds. The van der Waals surface area contributed by atoms with Crippen LogP contribution in [0.5, 0.6) is 0 Å². The van der Waals surface area contributed by atoms with Crippen LogP contribution in [0, 0.1) is 0 Å². The standard InChI is InChI=1S/C13H16ClN3OS/c1-8(14)10-6-4-5-7-11(10)15-13-16-12(17-19-13)9(2)18-3/h4-9H,1-3H3,(H,15,16,17). The quantitative estimate of drug-likeness (QED) is 0.836. The van der Waals surface area contributed by atoms with Crippen molar-refractivity contribution in [3.05, 3.63) is 35.7 Å². The first kappa shape index (κ1) is 14.2. The molecule has 1 N–H and O–H groups in total. The average Bonchev–Trinajstić information content (AvgIpc) is 2.86. The summed E-state index contributed by atoms with van der Waals surface area (Å²) in [4.78, 5) is 4.40. The highest BCUT2D eigenvalue weighted by atomic mass is 35.5. The molecule has 0 spiro atoms. The van der Waals surface area contributed by atoms with Crippen LogP contribution in [0.15, 0.2) is 24.3 Å². The second-order valence-electron chi connectivity index (χ2n) is 4.16. The van der Waals surface area contributed by atoms with Gasteiger partial charge in [0.15, 0.2) is 5.82 Å². The van der Waals surface area contributed by atoms with Gasteiger partial charge in [0.2, 0.25) is 5.13 Å². The average molecular weight is 298 g/mol. The van der Waals surface area contributed by atoms with Crippen molar-refractivity contribution in [3.63, 3.8) is 0 Å². The molecule has 0 aliphatic rings. The van der Waals surface area contributed by atoms with Crippen molar-refractivity contribution in [2.75, 3.05) is 12.4 Å². The Bertz CT molecular complexity index is 544. The van der Waals surface area contributed by atoms with Crippen LogP contribution in [-0.4, -0.2) is 16.5 Å². The predicted molar refractivity (Wildman–Crippen MR) is 79.3 cm³/mol. The number of hydrogen-bond donors (Lipinski definition) is 1. The Morgan fingerprint density at radius 1 is 1.32 bits per heavy atom. The van der Waals surface area contributed by atoms with Crippen LogP contribution in [-0.2, 0) is 4.74 Å². The first-order chi connectivity index (χ1) is 9.11. The van der Waals surface area contributed by atoms with Gasteiger partial charge in [0.1, 0.15) is 6.10 Å². The molecule has 102 valence electrons. The van der Waals surface area contributed by atoms with E-state index in [1.54, 1.807) is 7.11 Å². The summed E-state index contributed by atoms with van der Waals surface area (Å²) in [5.74, 6) is 0.686. The minimum Gasteiger partial charge on any atom is -0.374 e. The molecule has 1 heterocycles. The lowest BCUT2D eigenvalue weighted by molar-refractivity contribution is 0.113. The molecule has 0 bridgehead atoms. The fourth-order valence-corrected chi connectivity index (χ4v) is 2.48. The molecule has 0 fully saturated rings. The summed E-state index contributed by atoms with van der Waals surface area (Å²) in [5, 5.41) is 3.94. The van der Waals surface area contributed by atoms with E-state index in [-0.39, 0.29) is 11.5 Å². The van der Waals surface area contributed by atoms with E-state index in [2.05, 4.69) is 14.7 Å². The lowest BCUT2D eigenvalue weighted by Crippen LogP contribution is -1.99. The maximum absolute atomic E-state index is 6.16. The van der Waals surface area contributed by atoms with Gasteiger partial charge in [-0.15, -0.1) is 11.6 Å². The molecule has 0 saturated heterocycles. The van der Waals surface area contributed by atoms with Crippen molar-refractivity contribution in [1.29, 1.82) is 0 Å². The Morgan fingerprint density at radius 2 is 2.05 bits per heavy atom. The van der Waals surface area contributed by atoms with Crippen LogP contribution in [0.25, 0.3) is 0 Å². The molecule has 2 aromatic rings. The van der Waals surface area contributed by atoms with Gasteiger partial charge in [0.05, 0.1) is 5.38 Å². The third-order valence-electron chi connectivity index (χ3n) is 2.79. The van der Waals surface area contributed by atoms with E-state index in [0.717, 1.165) is 16.4 Å². The number of anilines is 2. The SMILES string of the molecule is COC(C)c1nsc(Nc2ccccc2C(C)Cl)n1. The second-order valence-corrected chi connectivity index (χ2v) is 5.57. The number of rotatable bonds is 5. The van der Waals surface area contributed by atoms with Crippen LogP contribution in [0.1, 0.15) is 36.7 Å². The molecule has 2 atom stereocenters. The monoisotopic (exact) mass is 297 g/mol. The second kappa shape index (κ2) is 6.32. The topological polar surface area (TPSA) is 47.0 Å². The molecule has 2 rings (SSSR count). The molecule has 1 aromatic heterocycles. The smallest absolute Gasteiger partial charge is 0.207 e. The summed E-state index contributed by atoms with van der Waals surface area (Å²) in [5.41, 5.74) is 2.00. The van der Waals surface area contributed by atoms with Gasteiger partial charge in [-0.1, -0.05) is 18.2 Å². The molecule has 4 nitrogen and oxygen atoms in total. The van der Waals surface area contributed by atoms with E-state index in [1.165, 1.54) is 11.5 Å². The van der Waals surface area contributed by atoms with Crippen molar-refractivity contribution in [2.24, 2.45) is 0 Å². The van der Waals surface area contributed by atoms with E-state index < -0.39 is 0 Å². The summed E-state index contributed by atoms with van der Waals surface area (Å²) < 4.78 is 9.46. The number of hydrogen-bond acceptors (Lipinski definition) is 5. The fraction of sp³-hybridized carbons (Fsp3) is 0.385. The van der Waals surface area contributed by atoms with Gasteiger partial charge in [0, 0.05) is 24.3 Å². The Morgan fingerprint density at radius 3 is 2.74 bits per heavy atom. The van der Waals surface area contributed by atoms with Crippen molar-refractivity contribution in [2.45, 2.75) is 25.3 Å². The van der Waals surface area contributed by atoms with E-state index in [0.29, 0.717) is 5.82 Å². The van der Waals surface area contributed by atoms with Gasteiger partial charge in [-0.05, 0) is 25.5 Å². The first-order valence-electron chi connectivity index (χ1n) is 5.98. The fourth-order valence-electron chi connectivity index (χ4n) is 1.63. The van der Waals surface area contributed by atoms with Gasteiger partial charge in [-0.25, -0.2) is 4.98 Å². The molecule has 0 radical (unpaired) electrons. The Labute approximate surface area is 122 Å². The molecule has 0 aliphatic heterocycles. The van der Waals surface area contributed by atoms with Gasteiger partial charge >= 0.3 is 0 Å². The Balaban J connectivity index is 2.19. The van der Waals surface area contributed by atoms with E-state index >= 15 is 0 Å². The Kier molecular flexibility index (Phi) is 4.74. The zero-order valence-corrected chi connectivity index (χ0v) is 12.6. The van der Waals surface area contributed by atoms with Crippen LogP contribution in [0.3, 0.4) is 0 Å². The number of nitrogens with one attached hydrogen (secondary N) is 1. The zero-order valence-electron chi connectivity index (χ0n) is 11.1. The lowest BCUT2D eigenvalue weighted by Gasteiger charge is -2.11. The highest BCUT2D eigenvalue weighted by Crippen LogP contribution is 2.30. The summed E-state index contributed by atoms with van der Waals surface area (Å²) in [7, 11) is 1.64. The first-order valence-corrected chi connectivity index (χ1v) is 7.19. The van der Waals surface area contributed by atoms with E-state index in [9.17, 15) is 0 Å². The third-order valence-corrected chi connectivity index (χ3v) is 3.67. The number of benzene rings is 1. The normalized spacial score (nSPS) is 14.1. The maximum Gasteiger partial charge on any atom is 0.207 e. The maximum atomic E-state index is 6.16. The highest BCUT2D eigenvalue weighted by molar-refractivity contribution is 7.09. The predicted octanol–water partition coefficient (Wildman–Crippen LogP) is 4.29. The minimum absolute atomic E-state index is 0.0611. The molecule has 0 saturated carbocycles. The molecule has 19 heavy (non-hydrogen) atoms. The molecular formula is C13H16ClN3OS. The summed E-state index contributed by atoms with van der Waals surface area (Å²) in [6.45, 7) is 3.86. The van der Waals surface area contributed by atoms with Crippen molar-refractivity contribution in [1.82, 2.24) is 9.36 Å². The third kappa shape index (κ3) is 3.43. The van der Waals surface area contributed by atoms with Gasteiger partial charge in [-0.2, -0.15) is 4.37 Å². The van der Waals surface area contributed by atoms with Crippen LogP contribution >= 0.6 is 23.1 Å². The molecule has 6 heteroatoms. The number of aromatic nitrogens is 2. The Hall–Kier alpha value is -1.17. The summed E-state index contributed by atoms with van der Waals surface area (Å²) in [6, 6.07) is 7.91. The number of para-hydroxylation sites is 1. The zero-order chi connectivity index (χ0) is 13.8. The number of nitrogens with zero attached hydrogens (tertiary/aromatic N) is 2. The van der Waals surface area contributed by atoms with Gasteiger partial charge in [-0.3, -0.25) is 0 Å².